The Balaban J connectivity index is 1.77. The van der Waals surface area contributed by atoms with Crippen molar-refractivity contribution in [1.82, 2.24) is 10.2 Å². The van der Waals surface area contributed by atoms with Crippen molar-refractivity contribution in [3.63, 3.8) is 0 Å². The topological polar surface area (TPSA) is 77.2 Å². The molecule has 3 aromatic rings. The molecule has 1 aromatic heterocycles. The van der Waals surface area contributed by atoms with Crippen molar-refractivity contribution < 1.29 is 13.9 Å². The fourth-order valence-electron chi connectivity index (χ4n) is 2.11. The molecule has 1 N–H and O–H groups in total. The Kier molecular flexibility index (Phi) is 4.48. The number of ether oxygens (including phenoxy) is 1. The summed E-state index contributed by atoms with van der Waals surface area (Å²) < 4.78 is 10.5. The smallest absolute Gasteiger partial charge is 0.313 e. The number of anilines is 1. The number of amides is 1. The van der Waals surface area contributed by atoms with E-state index in [1.54, 1.807) is 49.6 Å². The zero-order valence-corrected chi connectivity index (χ0v) is 13.8. The van der Waals surface area contributed by atoms with Crippen molar-refractivity contribution in [1.29, 1.82) is 0 Å². The van der Waals surface area contributed by atoms with E-state index in [0.717, 1.165) is 11.3 Å². The predicted octanol–water partition coefficient (Wildman–Crippen LogP) is 3.96. The SMILES string of the molecule is COc1ccc(-c2nnc(C(=O)Nc3ccc(Cl)cc3C)o2)cc1. The van der Waals surface area contributed by atoms with Gasteiger partial charge in [0.1, 0.15) is 5.75 Å². The summed E-state index contributed by atoms with van der Waals surface area (Å²) in [7, 11) is 1.59. The predicted molar refractivity (Wildman–Crippen MR) is 90.4 cm³/mol. The Morgan fingerprint density at radius 3 is 2.58 bits per heavy atom. The average Bonchev–Trinajstić information content (AvgIpc) is 3.07. The van der Waals surface area contributed by atoms with E-state index in [1.807, 2.05) is 6.92 Å². The second kappa shape index (κ2) is 6.72. The maximum absolute atomic E-state index is 12.2. The normalized spacial score (nSPS) is 10.5. The summed E-state index contributed by atoms with van der Waals surface area (Å²) in [5.41, 5.74) is 2.17. The molecular weight excluding hydrogens is 330 g/mol. The summed E-state index contributed by atoms with van der Waals surface area (Å²) in [6.45, 7) is 1.85. The average molecular weight is 344 g/mol. The summed E-state index contributed by atoms with van der Waals surface area (Å²) in [6.07, 6.45) is 0. The molecule has 0 saturated heterocycles. The zero-order chi connectivity index (χ0) is 17.1. The highest BCUT2D eigenvalue weighted by atomic mass is 35.5. The number of rotatable bonds is 4. The van der Waals surface area contributed by atoms with Crippen LogP contribution in [0.1, 0.15) is 16.2 Å². The van der Waals surface area contributed by atoms with Gasteiger partial charge in [0, 0.05) is 16.3 Å². The molecule has 0 aliphatic rings. The molecule has 2 aromatic carbocycles. The highest BCUT2D eigenvalue weighted by Crippen LogP contribution is 2.23. The first-order valence-electron chi connectivity index (χ1n) is 7.12. The number of carbonyl (C=O) groups is 1. The van der Waals surface area contributed by atoms with Crippen LogP contribution >= 0.6 is 11.6 Å². The molecule has 0 radical (unpaired) electrons. The third-order valence-electron chi connectivity index (χ3n) is 3.39. The molecule has 0 aliphatic carbocycles. The first-order chi connectivity index (χ1) is 11.6. The van der Waals surface area contributed by atoms with Gasteiger partial charge in [0.15, 0.2) is 0 Å². The zero-order valence-electron chi connectivity index (χ0n) is 13.0. The molecule has 3 rings (SSSR count). The highest BCUT2D eigenvalue weighted by molar-refractivity contribution is 6.30. The lowest BCUT2D eigenvalue weighted by molar-refractivity contribution is 0.0990. The molecule has 0 bridgehead atoms. The second-order valence-corrected chi connectivity index (χ2v) is 5.49. The van der Waals surface area contributed by atoms with Gasteiger partial charge in [-0.25, -0.2) is 0 Å². The van der Waals surface area contributed by atoms with Crippen LogP contribution in [0, 0.1) is 6.92 Å². The monoisotopic (exact) mass is 343 g/mol. The summed E-state index contributed by atoms with van der Waals surface area (Å²) in [5.74, 6) is 0.382. The van der Waals surface area contributed by atoms with E-state index in [1.165, 1.54) is 0 Å². The molecule has 7 heteroatoms. The molecule has 0 unspecified atom stereocenters. The number of hydrogen-bond donors (Lipinski definition) is 1. The molecule has 6 nitrogen and oxygen atoms in total. The number of aromatic nitrogens is 2. The van der Waals surface area contributed by atoms with Crippen molar-refractivity contribution in [2.75, 3.05) is 12.4 Å². The van der Waals surface area contributed by atoms with Gasteiger partial charge in [-0.2, -0.15) is 0 Å². The Morgan fingerprint density at radius 1 is 1.17 bits per heavy atom. The Bertz CT molecular complexity index is 875. The van der Waals surface area contributed by atoms with Crippen LogP contribution in [0.3, 0.4) is 0 Å². The van der Waals surface area contributed by atoms with Gasteiger partial charge in [0.25, 0.3) is 0 Å². The van der Waals surface area contributed by atoms with E-state index in [-0.39, 0.29) is 11.8 Å². The number of carbonyl (C=O) groups excluding carboxylic acids is 1. The van der Waals surface area contributed by atoms with Crippen LogP contribution in [0.2, 0.25) is 5.02 Å². The summed E-state index contributed by atoms with van der Waals surface area (Å²) >= 11 is 5.90. The van der Waals surface area contributed by atoms with E-state index >= 15 is 0 Å². The largest absolute Gasteiger partial charge is 0.497 e. The fourth-order valence-corrected chi connectivity index (χ4v) is 2.34. The molecule has 0 spiro atoms. The van der Waals surface area contributed by atoms with E-state index in [4.69, 9.17) is 20.8 Å². The number of halogens is 1. The van der Waals surface area contributed by atoms with Gasteiger partial charge in [-0.1, -0.05) is 11.6 Å². The summed E-state index contributed by atoms with van der Waals surface area (Å²) in [5, 5.41) is 11.0. The number of methoxy groups -OCH3 is 1. The van der Waals surface area contributed by atoms with Gasteiger partial charge in [-0.05, 0) is 55.0 Å². The molecule has 0 fully saturated rings. The lowest BCUT2D eigenvalue weighted by atomic mass is 10.2. The molecular formula is C17H14ClN3O3. The van der Waals surface area contributed by atoms with Crippen LogP contribution in [-0.4, -0.2) is 23.2 Å². The third-order valence-corrected chi connectivity index (χ3v) is 3.63. The van der Waals surface area contributed by atoms with Crippen molar-refractivity contribution >= 4 is 23.2 Å². The van der Waals surface area contributed by atoms with Crippen molar-refractivity contribution in [3.05, 3.63) is 58.9 Å². The van der Waals surface area contributed by atoms with Gasteiger partial charge in [-0.15, -0.1) is 10.2 Å². The van der Waals surface area contributed by atoms with Crippen LogP contribution in [0.4, 0.5) is 5.69 Å². The summed E-state index contributed by atoms with van der Waals surface area (Å²) in [6, 6.07) is 12.3. The Morgan fingerprint density at radius 2 is 1.92 bits per heavy atom. The van der Waals surface area contributed by atoms with E-state index in [2.05, 4.69) is 15.5 Å². The number of benzene rings is 2. The first kappa shape index (κ1) is 16.0. The fraction of sp³-hybridized carbons (Fsp3) is 0.118. The Labute approximate surface area is 143 Å². The highest BCUT2D eigenvalue weighted by Gasteiger charge is 2.17. The van der Waals surface area contributed by atoms with Crippen molar-refractivity contribution in [2.24, 2.45) is 0 Å². The minimum Gasteiger partial charge on any atom is -0.497 e. The summed E-state index contributed by atoms with van der Waals surface area (Å²) in [4.78, 5) is 12.2. The van der Waals surface area contributed by atoms with Gasteiger partial charge < -0.3 is 14.5 Å². The van der Waals surface area contributed by atoms with Gasteiger partial charge >= 0.3 is 11.8 Å². The molecule has 0 saturated carbocycles. The molecule has 122 valence electrons. The quantitative estimate of drug-likeness (QED) is 0.775. The van der Waals surface area contributed by atoms with Crippen LogP contribution in [0.25, 0.3) is 11.5 Å². The minimum absolute atomic E-state index is 0.116. The lowest BCUT2D eigenvalue weighted by Gasteiger charge is -2.06. The number of nitrogens with one attached hydrogen (secondary N) is 1. The number of aryl methyl sites for hydroxylation is 1. The van der Waals surface area contributed by atoms with Crippen molar-refractivity contribution in [2.45, 2.75) is 6.92 Å². The third kappa shape index (κ3) is 3.38. The minimum atomic E-state index is -0.479. The maximum Gasteiger partial charge on any atom is 0.313 e. The first-order valence-corrected chi connectivity index (χ1v) is 7.50. The van der Waals surface area contributed by atoms with Gasteiger partial charge in [0.2, 0.25) is 5.89 Å². The van der Waals surface area contributed by atoms with Crippen LogP contribution in [0.15, 0.2) is 46.9 Å². The van der Waals surface area contributed by atoms with Gasteiger partial charge in [0.05, 0.1) is 7.11 Å². The maximum atomic E-state index is 12.2. The van der Waals surface area contributed by atoms with E-state index < -0.39 is 5.91 Å². The van der Waals surface area contributed by atoms with E-state index in [9.17, 15) is 4.79 Å². The van der Waals surface area contributed by atoms with Crippen LogP contribution in [-0.2, 0) is 0 Å². The van der Waals surface area contributed by atoms with Crippen LogP contribution < -0.4 is 10.1 Å². The molecule has 24 heavy (non-hydrogen) atoms. The molecule has 1 heterocycles. The number of hydrogen-bond acceptors (Lipinski definition) is 5. The van der Waals surface area contributed by atoms with Crippen LogP contribution in [0.5, 0.6) is 5.75 Å². The lowest BCUT2D eigenvalue weighted by Crippen LogP contribution is -2.13. The molecule has 1 amide bonds. The number of nitrogens with zero attached hydrogens (tertiary/aromatic N) is 2. The van der Waals surface area contributed by atoms with E-state index in [0.29, 0.717) is 16.3 Å². The second-order valence-electron chi connectivity index (χ2n) is 5.05. The molecule has 0 aliphatic heterocycles. The molecule has 0 atom stereocenters. The Hall–Kier alpha value is -2.86. The standard InChI is InChI=1S/C17H14ClN3O3/c1-10-9-12(18)5-8-14(10)19-15(22)17-21-20-16(24-17)11-3-6-13(23-2)7-4-11/h3-9H,1-2H3,(H,19,22). The van der Waals surface area contributed by atoms with Crippen molar-refractivity contribution in [3.8, 4) is 17.2 Å². The van der Waals surface area contributed by atoms with Gasteiger partial charge in [-0.3, -0.25) is 4.79 Å².